The van der Waals surface area contributed by atoms with Crippen molar-refractivity contribution in [2.75, 3.05) is 24.7 Å². The second-order valence-electron chi connectivity index (χ2n) is 6.13. The Bertz CT molecular complexity index is 779. The van der Waals surface area contributed by atoms with Gasteiger partial charge in [-0.15, -0.1) is 0 Å². The van der Waals surface area contributed by atoms with Crippen molar-refractivity contribution < 1.29 is 22.6 Å². The summed E-state index contributed by atoms with van der Waals surface area (Å²) in [6, 6.07) is 7.83. The van der Waals surface area contributed by atoms with Gasteiger partial charge in [0.05, 0.1) is 11.6 Å². The van der Waals surface area contributed by atoms with Gasteiger partial charge in [-0.1, -0.05) is 6.07 Å². The zero-order valence-electron chi connectivity index (χ0n) is 13.4. The maximum absolute atomic E-state index is 13.4. The van der Waals surface area contributed by atoms with E-state index >= 15 is 0 Å². The number of nitrogens with zero attached hydrogens (tertiary/aromatic N) is 2. The fourth-order valence-electron chi connectivity index (χ4n) is 3.48. The molecule has 1 fully saturated rings. The molecule has 0 spiro atoms. The molecule has 2 aliphatic heterocycles. The first-order valence-corrected chi connectivity index (χ1v) is 8.22. The van der Waals surface area contributed by atoms with Crippen LogP contribution in [0.15, 0.2) is 36.5 Å². The lowest BCUT2D eigenvalue weighted by Crippen LogP contribution is -2.27. The first-order valence-electron chi connectivity index (χ1n) is 8.22. The minimum atomic E-state index is -4.43. The van der Waals surface area contributed by atoms with Gasteiger partial charge in [0.2, 0.25) is 0 Å². The van der Waals surface area contributed by atoms with Gasteiger partial charge >= 0.3 is 6.18 Å². The second kappa shape index (κ2) is 6.13. The molecule has 1 atom stereocenters. The summed E-state index contributed by atoms with van der Waals surface area (Å²) in [5, 5.41) is 0. The fraction of sp³-hybridized carbons (Fsp3) is 0.389. The van der Waals surface area contributed by atoms with E-state index in [9.17, 15) is 13.2 Å². The molecule has 1 saturated heterocycles. The average Bonchev–Trinajstić information content (AvgIpc) is 3.10. The summed E-state index contributed by atoms with van der Waals surface area (Å²) < 4.78 is 51.2. The van der Waals surface area contributed by atoms with Gasteiger partial charge in [0, 0.05) is 12.7 Å². The van der Waals surface area contributed by atoms with Gasteiger partial charge in [0.15, 0.2) is 11.5 Å². The van der Waals surface area contributed by atoms with Crippen molar-refractivity contribution in [3.63, 3.8) is 0 Å². The monoisotopic (exact) mass is 350 g/mol. The summed E-state index contributed by atoms with van der Waals surface area (Å²) in [6.45, 7) is 1.52. The number of anilines is 1. The molecule has 4 nitrogen and oxygen atoms in total. The van der Waals surface area contributed by atoms with Crippen LogP contribution in [0.5, 0.6) is 11.5 Å². The number of benzene rings is 1. The lowest BCUT2D eigenvalue weighted by atomic mass is 10.0. The van der Waals surface area contributed by atoms with Crippen molar-refractivity contribution in [2.24, 2.45) is 0 Å². The van der Waals surface area contributed by atoms with Crippen LogP contribution < -0.4 is 14.4 Å². The number of alkyl halides is 3. The molecular weight excluding hydrogens is 333 g/mol. The van der Waals surface area contributed by atoms with E-state index in [2.05, 4.69) is 4.98 Å². The van der Waals surface area contributed by atoms with Crippen LogP contribution in [0.25, 0.3) is 0 Å². The highest BCUT2D eigenvalue weighted by Crippen LogP contribution is 2.43. The number of pyridine rings is 1. The number of halogens is 3. The van der Waals surface area contributed by atoms with Crippen molar-refractivity contribution in [3.8, 4) is 11.5 Å². The van der Waals surface area contributed by atoms with Crippen LogP contribution in [0.3, 0.4) is 0 Å². The average molecular weight is 350 g/mol. The highest BCUT2D eigenvalue weighted by atomic mass is 19.4. The number of hydrogen-bond acceptors (Lipinski definition) is 4. The van der Waals surface area contributed by atoms with Crippen LogP contribution in [-0.2, 0) is 6.18 Å². The molecule has 0 aliphatic carbocycles. The van der Waals surface area contributed by atoms with E-state index < -0.39 is 11.7 Å². The standard InChI is InChI=1S/C18H17F3N2O2/c19-18(20,21)13-3-1-7-22-17(13)23-8-2-4-14(23)12-5-6-15-16(11-12)25-10-9-24-15/h1,3,5-7,11,14H,2,4,8-10H2. The van der Waals surface area contributed by atoms with Crippen molar-refractivity contribution in [1.82, 2.24) is 4.98 Å². The lowest BCUT2D eigenvalue weighted by Gasteiger charge is -2.29. The van der Waals surface area contributed by atoms with E-state index in [-0.39, 0.29) is 11.9 Å². The van der Waals surface area contributed by atoms with Crippen LogP contribution in [-0.4, -0.2) is 24.7 Å². The third-order valence-corrected chi connectivity index (χ3v) is 4.57. The van der Waals surface area contributed by atoms with Gasteiger partial charge in [0.25, 0.3) is 0 Å². The summed E-state index contributed by atoms with van der Waals surface area (Å²) in [4.78, 5) is 5.78. The van der Waals surface area contributed by atoms with Gasteiger partial charge in [-0.05, 0) is 42.7 Å². The molecule has 25 heavy (non-hydrogen) atoms. The quantitative estimate of drug-likeness (QED) is 0.813. The molecular formula is C18H17F3N2O2. The molecule has 0 bridgehead atoms. The molecule has 2 aromatic rings. The van der Waals surface area contributed by atoms with Crippen molar-refractivity contribution in [3.05, 3.63) is 47.7 Å². The molecule has 0 saturated carbocycles. The van der Waals surface area contributed by atoms with Crippen molar-refractivity contribution in [1.29, 1.82) is 0 Å². The molecule has 7 heteroatoms. The van der Waals surface area contributed by atoms with Crippen LogP contribution in [0, 0.1) is 0 Å². The largest absolute Gasteiger partial charge is 0.486 e. The van der Waals surface area contributed by atoms with E-state index in [1.807, 2.05) is 18.2 Å². The molecule has 1 aromatic carbocycles. The zero-order valence-corrected chi connectivity index (χ0v) is 13.4. The van der Waals surface area contributed by atoms with Gasteiger partial charge in [0.1, 0.15) is 19.0 Å². The van der Waals surface area contributed by atoms with Crippen molar-refractivity contribution >= 4 is 5.82 Å². The van der Waals surface area contributed by atoms with Crippen LogP contribution >= 0.6 is 0 Å². The van der Waals surface area contributed by atoms with E-state index in [0.717, 1.165) is 24.5 Å². The minimum absolute atomic E-state index is 0.00705. The fourth-order valence-corrected chi connectivity index (χ4v) is 3.48. The summed E-state index contributed by atoms with van der Waals surface area (Å²) >= 11 is 0. The number of ether oxygens (including phenoxy) is 2. The first-order chi connectivity index (χ1) is 12.0. The van der Waals surface area contributed by atoms with Crippen LogP contribution in [0.2, 0.25) is 0 Å². The predicted octanol–water partition coefficient (Wildman–Crippen LogP) is 4.21. The van der Waals surface area contributed by atoms with Crippen molar-refractivity contribution in [2.45, 2.75) is 25.1 Å². The summed E-state index contributed by atoms with van der Waals surface area (Å²) in [5.41, 5.74) is 0.222. The number of fused-ring (bicyclic) bond motifs is 1. The first kappa shape index (κ1) is 16.1. The molecule has 0 N–H and O–H groups in total. The van der Waals surface area contributed by atoms with Crippen LogP contribution in [0.1, 0.15) is 30.0 Å². The highest BCUT2D eigenvalue weighted by molar-refractivity contribution is 5.53. The van der Waals surface area contributed by atoms with Gasteiger partial charge in [-0.25, -0.2) is 4.98 Å². The highest BCUT2D eigenvalue weighted by Gasteiger charge is 2.38. The van der Waals surface area contributed by atoms with Crippen LogP contribution in [0.4, 0.5) is 19.0 Å². The van der Waals surface area contributed by atoms with E-state index in [0.29, 0.717) is 31.3 Å². The van der Waals surface area contributed by atoms with Gasteiger partial charge in [-0.3, -0.25) is 0 Å². The Labute approximate surface area is 143 Å². The summed E-state index contributed by atoms with van der Waals surface area (Å²) in [6.07, 6.45) is -1.44. The Hall–Kier alpha value is -2.44. The Morgan fingerprint density at radius 2 is 1.88 bits per heavy atom. The third-order valence-electron chi connectivity index (χ3n) is 4.57. The molecule has 0 amide bonds. The minimum Gasteiger partial charge on any atom is -0.486 e. The summed E-state index contributed by atoms with van der Waals surface area (Å²) in [5.74, 6) is 1.31. The van der Waals surface area contributed by atoms with Gasteiger partial charge in [-0.2, -0.15) is 13.2 Å². The second-order valence-corrected chi connectivity index (χ2v) is 6.13. The Balaban J connectivity index is 1.70. The Morgan fingerprint density at radius 3 is 2.68 bits per heavy atom. The third kappa shape index (κ3) is 2.99. The van der Waals surface area contributed by atoms with E-state index in [1.54, 1.807) is 4.90 Å². The van der Waals surface area contributed by atoms with Gasteiger partial charge < -0.3 is 14.4 Å². The van der Waals surface area contributed by atoms with E-state index in [4.69, 9.17) is 9.47 Å². The number of rotatable bonds is 2. The molecule has 1 unspecified atom stereocenters. The molecule has 2 aliphatic rings. The molecule has 132 valence electrons. The maximum Gasteiger partial charge on any atom is 0.419 e. The number of hydrogen-bond donors (Lipinski definition) is 0. The number of aromatic nitrogens is 1. The molecule has 1 aromatic heterocycles. The molecule has 4 rings (SSSR count). The topological polar surface area (TPSA) is 34.6 Å². The Morgan fingerprint density at radius 1 is 1.08 bits per heavy atom. The van der Waals surface area contributed by atoms with E-state index in [1.165, 1.54) is 12.3 Å². The Kier molecular flexibility index (Phi) is 3.94. The SMILES string of the molecule is FC(F)(F)c1cccnc1N1CCCC1c1ccc2c(c1)OCCO2. The molecule has 0 radical (unpaired) electrons. The summed E-state index contributed by atoms with van der Waals surface area (Å²) in [7, 11) is 0. The lowest BCUT2D eigenvalue weighted by molar-refractivity contribution is -0.137. The smallest absolute Gasteiger partial charge is 0.419 e. The normalized spacial score (nSPS) is 20.0. The maximum atomic E-state index is 13.4. The molecule has 3 heterocycles. The predicted molar refractivity (Wildman–Crippen MR) is 86.0 cm³/mol. The zero-order chi connectivity index (χ0) is 17.4.